The fraction of sp³-hybridized carbons (Fsp3) is 0. The van der Waals surface area contributed by atoms with Crippen LogP contribution in [-0.4, -0.2) is 64.9 Å². The van der Waals surface area contributed by atoms with E-state index >= 15 is 0 Å². The molecule has 1 N–H and O–H groups in total. The first kappa shape index (κ1) is 15.8. The second-order valence-corrected chi connectivity index (χ2v) is 5.40. The third-order valence-corrected chi connectivity index (χ3v) is 4.06. The Morgan fingerprint density at radius 2 is 1.22 bits per heavy atom. The topological polar surface area (TPSA) is 54.4 Å². The molecule has 90 valence electrons. The monoisotopic (exact) mass is 292 g/mol. The summed E-state index contributed by atoms with van der Waals surface area (Å²) in [5, 5.41) is 9.08. The minimum atomic E-state index is -3.65. The quantitative estimate of drug-likeness (QED) is 0.677. The summed E-state index contributed by atoms with van der Waals surface area (Å²) >= 11 is 0. The molecule has 0 bridgehead atoms. The number of phenols is 1. The van der Waals surface area contributed by atoms with E-state index < -0.39 is 15.7 Å². The van der Waals surface area contributed by atoms with E-state index in [-0.39, 0.29) is 66.9 Å². The molecule has 0 aliphatic heterocycles. The minimum absolute atomic E-state index is 0. The van der Waals surface area contributed by atoms with Crippen molar-refractivity contribution in [1.29, 1.82) is 0 Å². The van der Waals surface area contributed by atoms with Crippen molar-refractivity contribution in [1.82, 2.24) is 0 Å². The average molecular weight is 292 g/mol. The summed E-state index contributed by atoms with van der Waals surface area (Å²) in [6.45, 7) is 0. The summed E-state index contributed by atoms with van der Waals surface area (Å²) in [6.07, 6.45) is 0. The van der Waals surface area contributed by atoms with Gasteiger partial charge in [-0.15, -0.1) is 0 Å². The Bertz CT molecular complexity index is 570. The van der Waals surface area contributed by atoms with E-state index in [0.717, 1.165) is 12.1 Å². The first-order chi connectivity index (χ1) is 8.00. The normalized spacial score (nSPS) is 10.7. The molecule has 0 saturated carbocycles. The average Bonchev–Trinajstić information content (AvgIpc) is 2.30. The molecule has 3 nitrogen and oxygen atoms in total. The molecule has 2 rings (SSSR count). The van der Waals surface area contributed by atoms with Gasteiger partial charge in [0.1, 0.15) is 11.6 Å². The molecule has 0 unspecified atom stereocenters. The van der Waals surface area contributed by atoms with Gasteiger partial charge < -0.3 is 5.11 Å². The SMILES string of the molecule is O=S(=O)(c1ccc(O)cc1)c1ccc(F)cc1.[KH]. The van der Waals surface area contributed by atoms with Gasteiger partial charge in [-0.25, -0.2) is 12.8 Å². The first-order valence-corrected chi connectivity index (χ1v) is 6.28. The summed E-state index contributed by atoms with van der Waals surface area (Å²) in [7, 11) is -3.65. The Hall–Kier alpha value is -0.244. The third kappa shape index (κ3) is 3.40. The molecule has 0 fully saturated rings. The second-order valence-electron chi connectivity index (χ2n) is 3.45. The predicted molar refractivity (Wildman–Crippen MR) is 67.1 cm³/mol. The third-order valence-electron chi connectivity index (χ3n) is 2.27. The summed E-state index contributed by atoms with van der Waals surface area (Å²) in [4.78, 5) is 0.0755. The van der Waals surface area contributed by atoms with E-state index in [1.54, 1.807) is 0 Å². The van der Waals surface area contributed by atoms with Gasteiger partial charge in [-0.2, -0.15) is 0 Å². The standard InChI is InChI=1S/C12H9FO3S.K.H/c13-9-1-5-11(6-2-9)17(15,16)12-7-3-10(14)4-8-12;;/h1-8,14H;;. The van der Waals surface area contributed by atoms with Crippen molar-refractivity contribution in [2.45, 2.75) is 9.79 Å². The number of sulfone groups is 1. The molecule has 0 saturated heterocycles. The Morgan fingerprint density at radius 3 is 1.67 bits per heavy atom. The van der Waals surface area contributed by atoms with Gasteiger partial charge in [0.15, 0.2) is 0 Å². The molecule has 0 aromatic heterocycles. The van der Waals surface area contributed by atoms with Crippen molar-refractivity contribution in [3.05, 3.63) is 54.3 Å². The van der Waals surface area contributed by atoms with E-state index in [9.17, 15) is 12.8 Å². The number of hydrogen-bond acceptors (Lipinski definition) is 3. The van der Waals surface area contributed by atoms with Crippen LogP contribution in [0.15, 0.2) is 58.3 Å². The van der Waals surface area contributed by atoms with Crippen LogP contribution >= 0.6 is 0 Å². The Kier molecular flexibility index (Phi) is 5.51. The van der Waals surface area contributed by atoms with Crippen LogP contribution in [0.25, 0.3) is 0 Å². The zero-order valence-electron chi connectivity index (χ0n) is 8.67. The Balaban J connectivity index is 0.00000162. The van der Waals surface area contributed by atoms with Crippen molar-refractivity contribution in [2.75, 3.05) is 0 Å². The fourth-order valence-electron chi connectivity index (χ4n) is 1.38. The molecule has 2 aromatic rings. The molecule has 0 aliphatic carbocycles. The number of halogens is 1. The molecule has 18 heavy (non-hydrogen) atoms. The fourth-order valence-corrected chi connectivity index (χ4v) is 2.64. The van der Waals surface area contributed by atoms with Crippen molar-refractivity contribution in [2.24, 2.45) is 0 Å². The van der Waals surface area contributed by atoms with Crippen LogP contribution in [0.3, 0.4) is 0 Å². The van der Waals surface area contributed by atoms with Gasteiger partial charge in [0, 0.05) is 0 Å². The van der Waals surface area contributed by atoms with Crippen molar-refractivity contribution >= 4 is 61.2 Å². The van der Waals surface area contributed by atoms with Crippen LogP contribution in [0.5, 0.6) is 5.75 Å². The van der Waals surface area contributed by atoms with E-state index in [0.29, 0.717) is 0 Å². The molecule has 0 spiro atoms. The maximum absolute atomic E-state index is 12.7. The zero-order chi connectivity index (χ0) is 12.5. The summed E-state index contributed by atoms with van der Waals surface area (Å²) in [5.41, 5.74) is 0. The molecule has 0 amide bonds. The molecule has 6 heteroatoms. The van der Waals surface area contributed by atoms with Crippen molar-refractivity contribution < 1.29 is 17.9 Å². The van der Waals surface area contributed by atoms with E-state index in [1.807, 2.05) is 0 Å². The van der Waals surface area contributed by atoms with Gasteiger partial charge in [0.2, 0.25) is 9.84 Å². The zero-order valence-corrected chi connectivity index (χ0v) is 9.49. The number of hydrogen-bond donors (Lipinski definition) is 1. The predicted octanol–water partition coefficient (Wildman–Crippen LogP) is 1.72. The molecule has 0 atom stereocenters. The van der Waals surface area contributed by atoms with Gasteiger partial charge >= 0.3 is 51.4 Å². The first-order valence-electron chi connectivity index (χ1n) is 4.80. The number of benzene rings is 2. The maximum atomic E-state index is 12.7. The van der Waals surface area contributed by atoms with E-state index in [2.05, 4.69) is 0 Å². The van der Waals surface area contributed by atoms with Crippen LogP contribution in [0.2, 0.25) is 0 Å². The Labute approximate surface area is 147 Å². The van der Waals surface area contributed by atoms with Crippen molar-refractivity contribution in [3.63, 3.8) is 0 Å². The van der Waals surface area contributed by atoms with Gasteiger partial charge in [-0.05, 0) is 48.5 Å². The molecule has 0 aliphatic rings. The van der Waals surface area contributed by atoms with Crippen LogP contribution in [-0.2, 0) is 9.84 Å². The van der Waals surface area contributed by atoms with E-state index in [1.165, 1.54) is 36.4 Å². The van der Waals surface area contributed by atoms with Gasteiger partial charge in [-0.3, -0.25) is 0 Å². The molecule has 2 aromatic carbocycles. The van der Waals surface area contributed by atoms with Crippen LogP contribution in [0, 0.1) is 5.82 Å². The molecular weight excluding hydrogens is 282 g/mol. The number of phenolic OH excluding ortho intramolecular Hbond substituents is 1. The summed E-state index contributed by atoms with van der Waals surface area (Å²) in [6, 6.07) is 9.77. The molecule has 0 radical (unpaired) electrons. The van der Waals surface area contributed by atoms with Gasteiger partial charge in [0.05, 0.1) is 9.79 Å². The van der Waals surface area contributed by atoms with Crippen LogP contribution < -0.4 is 0 Å². The number of rotatable bonds is 2. The molecular formula is C12H10FKO3S. The van der Waals surface area contributed by atoms with Gasteiger partial charge in [0.25, 0.3) is 0 Å². The van der Waals surface area contributed by atoms with Gasteiger partial charge in [-0.1, -0.05) is 0 Å². The molecule has 0 heterocycles. The summed E-state index contributed by atoms with van der Waals surface area (Å²) < 4.78 is 36.8. The van der Waals surface area contributed by atoms with Crippen molar-refractivity contribution in [3.8, 4) is 5.75 Å². The van der Waals surface area contributed by atoms with Crippen LogP contribution in [0.1, 0.15) is 0 Å². The van der Waals surface area contributed by atoms with E-state index in [4.69, 9.17) is 5.11 Å². The summed E-state index contributed by atoms with van der Waals surface area (Å²) in [5.74, 6) is -0.502. The number of aromatic hydroxyl groups is 1. The second kappa shape index (κ2) is 6.27. The Morgan fingerprint density at radius 1 is 0.833 bits per heavy atom. The van der Waals surface area contributed by atoms with Crippen LogP contribution in [0.4, 0.5) is 4.39 Å².